The van der Waals surface area contributed by atoms with E-state index in [-0.39, 0.29) is 24.7 Å². The molecule has 1 unspecified atom stereocenters. The van der Waals surface area contributed by atoms with Crippen molar-refractivity contribution in [2.75, 3.05) is 16.8 Å². The van der Waals surface area contributed by atoms with Gasteiger partial charge in [0.25, 0.3) is 0 Å². The van der Waals surface area contributed by atoms with E-state index in [1.165, 1.54) is 16.9 Å². The highest BCUT2D eigenvalue weighted by Gasteiger charge is 2.35. The summed E-state index contributed by atoms with van der Waals surface area (Å²) in [7, 11) is 0. The maximum absolute atomic E-state index is 12.5. The highest BCUT2D eigenvalue weighted by atomic mass is 32.1. The number of nitrogens with one attached hydrogen (secondary N) is 1. The lowest BCUT2D eigenvalue weighted by Crippen LogP contribution is -2.28. The van der Waals surface area contributed by atoms with Crippen LogP contribution >= 0.6 is 11.3 Å². The summed E-state index contributed by atoms with van der Waals surface area (Å²) in [6.07, 6.45) is 1.14. The van der Waals surface area contributed by atoms with Gasteiger partial charge in [-0.1, -0.05) is 19.1 Å². The Hall–Kier alpha value is -2.74. The third-order valence-electron chi connectivity index (χ3n) is 4.29. The Morgan fingerprint density at radius 1 is 1.35 bits per heavy atom. The first-order valence-electron chi connectivity index (χ1n) is 8.39. The number of thiazole rings is 1. The number of carbonyl (C=O) groups is 3. The standard InChI is InChI=1S/C18H20N4O3S/c1-2-11-3-5-14(6-4-11)22-9-12(7-16(22)24)17(25)21-18-20-13(10-26-18)8-15(19)23/h3-6,10,12H,2,7-9H2,1H3,(H2,19,23)(H,20,21,25). The third-order valence-corrected chi connectivity index (χ3v) is 5.10. The molecule has 7 nitrogen and oxygen atoms in total. The van der Waals surface area contributed by atoms with Gasteiger partial charge in [-0.25, -0.2) is 4.98 Å². The van der Waals surface area contributed by atoms with Crippen LogP contribution in [0.2, 0.25) is 0 Å². The van der Waals surface area contributed by atoms with E-state index in [0.29, 0.717) is 17.4 Å². The number of aryl methyl sites for hydroxylation is 1. The Balaban J connectivity index is 1.63. The van der Waals surface area contributed by atoms with E-state index >= 15 is 0 Å². The van der Waals surface area contributed by atoms with Gasteiger partial charge in [0.15, 0.2) is 5.13 Å². The number of nitrogens with zero attached hydrogens (tertiary/aromatic N) is 2. The number of nitrogens with two attached hydrogens (primary N) is 1. The van der Waals surface area contributed by atoms with Crippen molar-refractivity contribution in [2.45, 2.75) is 26.2 Å². The van der Waals surface area contributed by atoms with Gasteiger partial charge in [-0.3, -0.25) is 14.4 Å². The van der Waals surface area contributed by atoms with E-state index in [0.717, 1.165) is 12.1 Å². The van der Waals surface area contributed by atoms with Gasteiger partial charge in [0.2, 0.25) is 17.7 Å². The molecule has 2 aromatic rings. The van der Waals surface area contributed by atoms with Crippen LogP contribution < -0.4 is 16.0 Å². The number of anilines is 2. The van der Waals surface area contributed by atoms with Gasteiger partial charge in [-0.2, -0.15) is 0 Å². The van der Waals surface area contributed by atoms with Gasteiger partial charge >= 0.3 is 0 Å². The molecule has 1 saturated heterocycles. The number of carbonyl (C=O) groups excluding carboxylic acids is 3. The van der Waals surface area contributed by atoms with Gasteiger partial charge in [-0.05, 0) is 24.1 Å². The zero-order chi connectivity index (χ0) is 18.7. The lowest BCUT2D eigenvalue weighted by Gasteiger charge is -2.17. The van der Waals surface area contributed by atoms with Crippen molar-refractivity contribution >= 4 is 39.9 Å². The summed E-state index contributed by atoms with van der Waals surface area (Å²) in [5, 5.41) is 4.81. The molecular formula is C18H20N4O3S. The van der Waals surface area contributed by atoms with Gasteiger partial charge in [0.05, 0.1) is 18.0 Å². The van der Waals surface area contributed by atoms with Gasteiger partial charge in [0, 0.05) is 24.0 Å². The molecular weight excluding hydrogens is 352 g/mol. The zero-order valence-corrected chi connectivity index (χ0v) is 15.2. The maximum Gasteiger partial charge on any atom is 0.231 e. The van der Waals surface area contributed by atoms with Crippen molar-refractivity contribution in [3.05, 3.63) is 40.9 Å². The number of hydrogen-bond donors (Lipinski definition) is 2. The van der Waals surface area contributed by atoms with Gasteiger partial charge in [0.1, 0.15) is 0 Å². The van der Waals surface area contributed by atoms with E-state index in [4.69, 9.17) is 5.73 Å². The summed E-state index contributed by atoms with van der Waals surface area (Å²) in [6, 6.07) is 7.81. The molecule has 3 rings (SSSR count). The van der Waals surface area contributed by atoms with Crippen LogP contribution in [-0.2, 0) is 27.2 Å². The Kier molecular flexibility index (Phi) is 5.32. The minimum Gasteiger partial charge on any atom is -0.369 e. The number of primary amides is 1. The Morgan fingerprint density at radius 3 is 2.73 bits per heavy atom. The number of hydrogen-bond acceptors (Lipinski definition) is 5. The molecule has 136 valence electrons. The molecule has 0 spiro atoms. The molecule has 1 aromatic heterocycles. The molecule has 1 aromatic carbocycles. The fourth-order valence-electron chi connectivity index (χ4n) is 2.88. The third kappa shape index (κ3) is 4.08. The predicted octanol–water partition coefficient (Wildman–Crippen LogP) is 1.72. The van der Waals surface area contributed by atoms with E-state index in [1.807, 2.05) is 24.3 Å². The molecule has 8 heteroatoms. The molecule has 2 heterocycles. The topological polar surface area (TPSA) is 105 Å². The summed E-state index contributed by atoms with van der Waals surface area (Å²) >= 11 is 1.23. The lowest BCUT2D eigenvalue weighted by molar-refractivity contribution is -0.122. The van der Waals surface area contributed by atoms with Gasteiger partial charge in [-0.15, -0.1) is 11.3 Å². The zero-order valence-electron chi connectivity index (χ0n) is 14.4. The average Bonchev–Trinajstić information content (AvgIpc) is 3.21. The molecule has 3 N–H and O–H groups in total. The molecule has 1 aliphatic heterocycles. The second-order valence-electron chi connectivity index (χ2n) is 6.20. The van der Waals surface area contributed by atoms with Crippen molar-refractivity contribution in [1.82, 2.24) is 4.98 Å². The fraction of sp³-hybridized carbons (Fsp3) is 0.333. The first-order chi connectivity index (χ1) is 12.5. The Labute approximate surface area is 155 Å². The second-order valence-corrected chi connectivity index (χ2v) is 7.06. The molecule has 0 radical (unpaired) electrons. The van der Waals surface area contributed by atoms with Crippen molar-refractivity contribution < 1.29 is 14.4 Å². The number of rotatable bonds is 6. The van der Waals surface area contributed by atoms with Crippen molar-refractivity contribution in [1.29, 1.82) is 0 Å². The normalized spacial score (nSPS) is 16.7. The SMILES string of the molecule is CCc1ccc(N2CC(C(=O)Nc3nc(CC(N)=O)cs3)CC2=O)cc1. The lowest BCUT2D eigenvalue weighted by atomic mass is 10.1. The van der Waals surface area contributed by atoms with Crippen LogP contribution in [0.3, 0.4) is 0 Å². The van der Waals surface area contributed by atoms with Gasteiger partial charge < -0.3 is 16.0 Å². The molecule has 3 amide bonds. The van der Waals surface area contributed by atoms with Crippen LogP contribution in [0, 0.1) is 5.92 Å². The van der Waals surface area contributed by atoms with E-state index in [9.17, 15) is 14.4 Å². The quantitative estimate of drug-likeness (QED) is 0.805. The Bertz CT molecular complexity index is 831. The average molecular weight is 372 g/mol. The smallest absolute Gasteiger partial charge is 0.231 e. The summed E-state index contributed by atoms with van der Waals surface area (Å²) in [4.78, 5) is 41.5. The number of aromatic nitrogens is 1. The molecule has 1 atom stereocenters. The summed E-state index contributed by atoms with van der Waals surface area (Å²) in [6.45, 7) is 2.42. The summed E-state index contributed by atoms with van der Waals surface area (Å²) < 4.78 is 0. The largest absolute Gasteiger partial charge is 0.369 e. The van der Waals surface area contributed by atoms with Crippen LogP contribution in [0.1, 0.15) is 24.6 Å². The van der Waals surface area contributed by atoms with Crippen LogP contribution in [-0.4, -0.2) is 29.3 Å². The number of benzene rings is 1. The highest BCUT2D eigenvalue weighted by molar-refractivity contribution is 7.13. The minimum atomic E-state index is -0.473. The minimum absolute atomic E-state index is 0.0375. The molecule has 26 heavy (non-hydrogen) atoms. The van der Waals surface area contributed by atoms with Crippen LogP contribution in [0.4, 0.5) is 10.8 Å². The first-order valence-corrected chi connectivity index (χ1v) is 9.27. The summed E-state index contributed by atoms with van der Waals surface area (Å²) in [5.41, 5.74) is 7.67. The molecule has 1 aliphatic rings. The molecule has 0 bridgehead atoms. The maximum atomic E-state index is 12.5. The fourth-order valence-corrected chi connectivity index (χ4v) is 3.59. The van der Waals surface area contributed by atoms with Crippen LogP contribution in [0.15, 0.2) is 29.6 Å². The number of amides is 3. The van der Waals surface area contributed by atoms with E-state index < -0.39 is 11.8 Å². The van der Waals surface area contributed by atoms with Crippen molar-refractivity contribution in [3.63, 3.8) is 0 Å². The van der Waals surface area contributed by atoms with Crippen molar-refractivity contribution in [2.24, 2.45) is 11.7 Å². The second kappa shape index (κ2) is 7.65. The monoisotopic (exact) mass is 372 g/mol. The van der Waals surface area contributed by atoms with Crippen molar-refractivity contribution in [3.8, 4) is 0 Å². The Morgan fingerprint density at radius 2 is 2.08 bits per heavy atom. The highest BCUT2D eigenvalue weighted by Crippen LogP contribution is 2.27. The van der Waals surface area contributed by atoms with Crippen LogP contribution in [0.5, 0.6) is 0 Å². The molecule has 0 aliphatic carbocycles. The molecule has 1 fully saturated rings. The summed E-state index contributed by atoms with van der Waals surface area (Å²) in [5.74, 6) is -1.22. The molecule has 0 saturated carbocycles. The van der Waals surface area contributed by atoms with Crippen LogP contribution in [0.25, 0.3) is 0 Å². The van der Waals surface area contributed by atoms with E-state index in [1.54, 1.807) is 10.3 Å². The van der Waals surface area contributed by atoms with E-state index in [2.05, 4.69) is 17.2 Å². The first kappa shape index (κ1) is 18.1. The predicted molar refractivity (Wildman–Crippen MR) is 99.9 cm³/mol.